The van der Waals surface area contributed by atoms with Crippen molar-refractivity contribution in [2.45, 2.75) is 57.2 Å². The lowest BCUT2D eigenvalue weighted by molar-refractivity contribution is 0.0910. The number of hydrogen-bond donors (Lipinski definition) is 1. The van der Waals surface area contributed by atoms with Gasteiger partial charge in [-0.05, 0) is 50.9 Å². The first-order valence-electron chi connectivity index (χ1n) is 5.66. The fourth-order valence-corrected chi connectivity index (χ4v) is 2.14. The van der Waals surface area contributed by atoms with Crippen LogP contribution in [0.25, 0.3) is 0 Å². The van der Waals surface area contributed by atoms with Crippen LogP contribution in [0, 0.1) is 5.92 Å². The highest BCUT2D eigenvalue weighted by Crippen LogP contribution is 2.34. The molecule has 0 aromatic carbocycles. The first kappa shape index (κ1) is 9.47. The molecule has 0 amide bonds. The van der Waals surface area contributed by atoms with Gasteiger partial charge in [0.05, 0.1) is 12.2 Å². The monoisotopic (exact) mass is 184 g/mol. The van der Waals surface area contributed by atoms with E-state index >= 15 is 0 Å². The van der Waals surface area contributed by atoms with Crippen LogP contribution in [0.4, 0.5) is 0 Å². The van der Waals surface area contributed by atoms with Crippen molar-refractivity contribution in [3.8, 4) is 0 Å². The molecule has 0 radical (unpaired) electrons. The largest absolute Gasteiger partial charge is 0.393 e. The lowest BCUT2D eigenvalue weighted by Crippen LogP contribution is -2.11. The van der Waals surface area contributed by atoms with Crippen LogP contribution >= 0.6 is 0 Å². The lowest BCUT2D eigenvalue weighted by Gasteiger charge is -2.11. The van der Waals surface area contributed by atoms with Crippen LogP contribution in [0.3, 0.4) is 0 Å². The minimum absolute atomic E-state index is 0.0126. The van der Waals surface area contributed by atoms with Gasteiger partial charge in [0.1, 0.15) is 0 Å². The van der Waals surface area contributed by atoms with Crippen LogP contribution in [0.5, 0.6) is 0 Å². The summed E-state index contributed by atoms with van der Waals surface area (Å²) in [5.41, 5.74) is 0. The summed E-state index contributed by atoms with van der Waals surface area (Å²) < 4.78 is 5.53. The van der Waals surface area contributed by atoms with E-state index in [9.17, 15) is 5.11 Å². The van der Waals surface area contributed by atoms with Gasteiger partial charge in [0.2, 0.25) is 0 Å². The van der Waals surface area contributed by atoms with E-state index in [-0.39, 0.29) is 6.10 Å². The molecule has 0 bridgehead atoms. The highest BCUT2D eigenvalue weighted by atomic mass is 16.5. The molecule has 2 fully saturated rings. The third-order valence-electron chi connectivity index (χ3n) is 3.22. The fraction of sp³-hybridized carbons (Fsp3) is 1.00. The second-order valence-electron chi connectivity index (χ2n) is 4.47. The van der Waals surface area contributed by atoms with E-state index in [0.29, 0.717) is 12.0 Å². The Labute approximate surface area is 80.3 Å². The van der Waals surface area contributed by atoms with Crippen LogP contribution in [0.15, 0.2) is 0 Å². The maximum absolute atomic E-state index is 9.62. The molecule has 1 aliphatic carbocycles. The summed E-state index contributed by atoms with van der Waals surface area (Å²) in [6, 6.07) is 0. The SMILES string of the molecule is OC(CCCC1CCCO1)C1CC1. The molecule has 0 aromatic heterocycles. The van der Waals surface area contributed by atoms with Gasteiger partial charge in [0, 0.05) is 6.61 Å². The Morgan fingerprint density at radius 3 is 2.77 bits per heavy atom. The van der Waals surface area contributed by atoms with Gasteiger partial charge in [-0.3, -0.25) is 0 Å². The second kappa shape index (κ2) is 4.43. The standard InChI is InChI=1S/C11H20O2/c12-11(9-6-7-9)5-1-3-10-4-2-8-13-10/h9-12H,1-8H2. The zero-order valence-corrected chi connectivity index (χ0v) is 8.24. The molecular formula is C11H20O2. The van der Waals surface area contributed by atoms with E-state index in [1.165, 1.54) is 25.7 Å². The van der Waals surface area contributed by atoms with E-state index in [1.807, 2.05) is 0 Å². The van der Waals surface area contributed by atoms with E-state index < -0.39 is 0 Å². The summed E-state index contributed by atoms with van der Waals surface area (Å²) in [6.45, 7) is 0.954. The minimum atomic E-state index is -0.0126. The Morgan fingerprint density at radius 1 is 1.31 bits per heavy atom. The van der Waals surface area contributed by atoms with Gasteiger partial charge < -0.3 is 9.84 Å². The maximum atomic E-state index is 9.62. The Kier molecular flexibility index (Phi) is 3.23. The maximum Gasteiger partial charge on any atom is 0.0576 e. The van der Waals surface area contributed by atoms with Crippen LogP contribution in [-0.2, 0) is 4.74 Å². The summed E-state index contributed by atoms with van der Waals surface area (Å²) >= 11 is 0. The highest BCUT2D eigenvalue weighted by molar-refractivity contribution is 4.80. The number of hydrogen-bond acceptors (Lipinski definition) is 2. The molecule has 2 atom stereocenters. The highest BCUT2D eigenvalue weighted by Gasteiger charge is 2.29. The quantitative estimate of drug-likeness (QED) is 0.709. The van der Waals surface area contributed by atoms with Crippen molar-refractivity contribution in [3.63, 3.8) is 0 Å². The van der Waals surface area contributed by atoms with Gasteiger partial charge in [0.25, 0.3) is 0 Å². The third-order valence-corrected chi connectivity index (χ3v) is 3.22. The van der Waals surface area contributed by atoms with Crippen LogP contribution in [-0.4, -0.2) is 23.9 Å². The molecule has 1 saturated carbocycles. The molecule has 1 saturated heterocycles. The average molecular weight is 184 g/mol. The Balaban J connectivity index is 1.52. The zero-order chi connectivity index (χ0) is 9.10. The van der Waals surface area contributed by atoms with Gasteiger partial charge in [-0.25, -0.2) is 0 Å². The first-order chi connectivity index (χ1) is 6.36. The Bertz CT molecular complexity index is 146. The van der Waals surface area contributed by atoms with Crippen LogP contribution < -0.4 is 0 Å². The van der Waals surface area contributed by atoms with Crippen molar-refractivity contribution in [1.29, 1.82) is 0 Å². The van der Waals surface area contributed by atoms with E-state index in [0.717, 1.165) is 25.9 Å². The summed E-state index contributed by atoms with van der Waals surface area (Å²) in [7, 11) is 0. The predicted octanol–water partition coefficient (Wildman–Crippen LogP) is 2.11. The topological polar surface area (TPSA) is 29.5 Å². The van der Waals surface area contributed by atoms with Gasteiger partial charge in [-0.15, -0.1) is 0 Å². The molecule has 2 rings (SSSR count). The molecule has 2 heteroatoms. The van der Waals surface area contributed by atoms with Crippen LogP contribution in [0.2, 0.25) is 0 Å². The summed E-state index contributed by atoms with van der Waals surface area (Å²) in [5.74, 6) is 0.643. The molecule has 2 aliphatic rings. The average Bonchev–Trinajstić information content (AvgIpc) is 2.86. The number of rotatable bonds is 5. The van der Waals surface area contributed by atoms with Crippen molar-refractivity contribution in [3.05, 3.63) is 0 Å². The minimum Gasteiger partial charge on any atom is -0.393 e. The summed E-state index contributed by atoms with van der Waals surface area (Å²) in [6.07, 6.45) is 8.75. The predicted molar refractivity (Wildman–Crippen MR) is 51.6 cm³/mol. The molecule has 1 N–H and O–H groups in total. The fourth-order valence-electron chi connectivity index (χ4n) is 2.14. The Morgan fingerprint density at radius 2 is 2.15 bits per heavy atom. The molecular weight excluding hydrogens is 164 g/mol. The Hall–Kier alpha value is -0.0800. The van der Waals surface area contributed by atoms with Crippen molar-refractivity contribution in [1.82, 2.24) is 0 Å². The van der Waals surface area contributed by atoms with Gasteiger partial charge in [0.15, 0.2) is 0 Å². The first-order valence-corrected chi connectivity index (χ1v) is 5.66. The van der Waals surface area contributed by atoms with Crippen molar-refractivity contribution < 1.29 is 9.84 Å². The number of aliphatic hydroxyl groups excluding tert-OH is 1. The summed E-state index contributed by atoms with van der Waals surface area (Å²) in [5, 5.41) is 9.62. The van der Waals surface area contributed by atoms with Crippen molar-refractivity contribution in [2.75, 3.05) is 6.61 Å². The molecule has 13 heavy (non-hydrogen) atoms. The molecule has 0 spiro atoms. The molecule has 76 valence electrons. The molecule has 1 heterocycles. The van der Waals surface area contributed by atoms with Crippen molar-refractivity contribution in [2.24, 2.45) is 5.92 Å². The molecule has 2 nitrogen and oxygen atoms in total. The smallest absolute Gasteiger partial charge is 0.0576 e. The van der Waals surface area contributed by atoms with Gasteiger partial charge in [-0.1, -0.05) is 0 Å². The zero-order valence-electron chi connectivity index (χ0n) is 8.24. The van der Waals surface area contributed by atoms with E-state index in [4.69, 9.17) is 4.74 Å². The normalized spacial score (nSPS) is 30.7. The van der Waals surface area contributed by atoms with E-state index in [1.54, 1.807) is 0 Å². The second-order valence-corrected chi connectivity index (χ2v) is 4.47. The van der Waals surface area contributed by atoms with Crippen molar-refractivity contribution >= 4 is 0 Å². The lowest BCUT2D eigenvalue weighted by atomic mass is 10.0. The summed E-state index contributed by atoms with van der Waals surface area (Å²) in [4.78, 5) is 0. The number of aliphatic hydroxyl groups is 1. The van der Waals surface area contributed by atoms with E-state index in [2.05, 4.69) is 0 Å². The third kappa shape index (κ3) is 2.96. The van der Waals surface area contributed by atoms with Gasteiger partial charge in [-0.2, -0.15) is 0 Å². The molecule has 0 aromatic rings. The van der Waals surface area contributed by atoms with Gasteiger partial charge >= 0.3 is 0 Å². The molecule has 2 unspecified atom stereocenters. The molecule has 1 aliphatic heterocycles. The number of ether oxygens (including phenoxy) is 1. The van der Waals surface area contributed by atoms with Crippen LogP contribution in [0.1, 0.15) is 44.9 Å².